The van der Waals surface area contributed by atoms with Crippen LogP contribution in [0.4, 0.5) is 5.69 Å². The van der Waals surface area contributed by atoms with Crippen molar-refractivity contribution in [2.45, 2.75) is 26.7 Å². The Hall–Kier alpha value is -1.09. The molecule has 0 radical (unpaired) electrons. The van der Waals surface area contributed by atoms with Gasteiger partial charge in [-0.3, -0.25) is 0 Å². The van der Waals surface area contributed by atoms with Crippen LogP contribution in [0.15, 0.2) is 18.2 Å². The lowest BCUT2D eigenvalue weighted by atomic mass is 10.1. The minimum atomic E-state index is 0.462. The normalized spacial score (nSPS) is 16.9. The molecule has 3 N–H and O–H groups in total. The molecule has 0 aliphatic heterocycles. The summed E-state index contributed by atoms with van der Waals surface area (Å²) in [5.41, 5.74) is 9.44. The zero-order valence-corrected chi connectivity index (χ0v) is 10.7. The Balaban J connectivity index is 2.16. The number of nitrogens with two attached hydrogens (primary N) is 1. The SMILES string of the molecule is Cc1ccc(C(N)=S)c(NCC2(C)CC2)c1. The number of thiocarbonyl (C=S) groups is 1. The Labute approximate surface area is 102 Å². The van der Waals surface area contributed by atoms with Crippen molar-refractivity contribution in [3.63, 3.8) is 0 Å². The molecule has 1 saturated carbocycles. The minimum Gasteiger partial charge on any atom is -0.389 e. The third-order valence-corrected chi connectivity index (χ3v) is 3.47. The molecule has 0 amide bonds. The Morgan fingerprint density at radius 1 is 1.50 bits per heavy atom. The molecule has 0 heterocycles. The molecular formula is C13H18N2S. The van der Waals surface area contributed by atoms with Crippen molar-refractivity contribution in [2.75, 3.05) is 11.9 Å². The van der Waals surface area contributed by atoms with E-state index in [1.807, 2.05) is 12.1 Å². The van der Waals surface area contributed by atoms with Gasteiger partial charge in [0.25, 0.3) is 0 Å². The Morgan fingerprint density at radius 3 is 2.75 bits per heavy atom. The van der Waals surface area contributed by atoms with Gasteiger partial charge in [0.15, 0.2) is 0 Å². The first-order valence-corrected chi connectivity index (χ1v) is 6.05. The second-order valence-electron chi connectivity index (χ2n) is 5.08. The molecule has 0 aromatic heterocycles. The maximum Gasteiger partial charge on any atom is 0.106 e. The molecule has 1 aromatic rings. The topological polar surface area (TPSA) is 38.0 Å². The minimum absolute atomic E-state index is 0.462. The van der Waals surface area contributed by atoms with Crippen LogP contribution >= 0.6 is 12.2 Å². The summed E-state index contributed by atoms with van der Waals surface area (Å²) in [7, 11) is 0. The first-order chi connectivity index (χ1) is 7.50. The summed E-state index contributed by atoms with van der Waals surface area (Å²) in [6, 6.07) is 6.15. The summed E-state index contributed by atoms with van der Waals surface area (Å²) in [5, 5.41) is 3.47. The van der Waals surface area contributed by atoms with E-state index < -0.39 is 0 Å². The quantitative estimate of drug-likeness (QED) is 0.787. The molecule has 3 heteroatoms. The Kier molecular flexibility index (Phi) is 2.89. The standard InChI is InChI=1S/C13H18N2S/c1-9-3-4-10(12(14)16)11(7-9)15-8-13(2)5-6-13/h3-4,7,15H,5-6,8H2,1-2H3,(H2,14,16). The van der Waals surface area contributed by atoms with Crippen molar-refractivity contribution in [2.24, 2.45) is 11.1 Å². The van der Waals surface area contributed by atoms with Gasteiger partial charge in [0.1, 0.15) is 4.99 Å². The number of anilines is 1. The van der Waals surface area contributed by atoms with Gasteiger partial charge in [0.2, 0.25) is 0 Å². The third kappa shape index (κ3) is 2.53. The molecule has 0 saturated heterocycles. The highest BCUT2D eigenvalue weighted by Gasteiger charge is 2.36. The van der Waals surface area contributed by atoms with E-state index in [0.717, 1.165) is 17.8 Å². The summed E-state index contributed by atoms with van der Waals surface area (Å²) in [5.74, 6) is 0. The lowest BCUT2D eigenvalue weighted by molar-refractivity contribution is 0.610. The number of rotatable bonds is 4. The lowest BCUT2D eigenvalue weighted by Gasteiger charge is -2.15. The van der Waals surface area contributed by atoms with Gasteiger partial charge in [-0.25, -0.2) is 0 Å². The summed E-state index contributed by atoms with van der Waals surface area (Å²) >= 11 is 5.05. The molecule has 16 heavy (non-hydrogen) atoms. The van der Waals surface area contributed by atoms with E-state index >= 15 is 0 Å². The fourth-order valence-electron chi connectivity index (χ4n) is 1.72. The molecule has 2 nitrogen and oxygen atoms in total. The highest BCUT2D eigenvalue weighted by molar-refractivity contribution is 7.80. The number of hydrogen-bond donors (Lipinski definition) is 2. The average molecular weight is 234 g/mol. The summed E-state index contributed by atoms with van der Waals surface area (Å²) in [6.07, 6.45) is 2.63. The molecule has 0 bridgehead atoms. The van der Waals surface area contributed by atoms with E-state index in [1.54, 1.807) is 0 Å². The average Bonchev–Trinajstić information content (AvgIpc) is 2.94. The zero-order valence-electron chi connectivity index (χ0n) is 9.84. The second-order valence-corrected chi connectivity index (χ2v) is 5.52. The third-order valence-electron chi connectivity index (χ3n) is 3.25. The molecule has 0 atom stereocenters. The second kappa shape index (κ2) is 4.06. The van der Waals surface area contributed by atoms with E-state index in [1.165, 1.54) is 18.4 Å². The molecule has 1 fully saturated rings. The van der Waals surface area contributed by atoms with E-state index in [4.69, 9.17) is 18.0 Å². The van der Waals surface area contributed by atoms with Gasteiger partial charge in [-0.2, -0.15) is 0 Å². The number of benzene rings is 1. The van der Waals surface area contributed by atoms with Crippen molar-refractivity contribution in [1.29, 1.82) is 0 Å². The monoisotopic (exact) mass is 234 g/mol. The number of hydrogen-bond acceptors (Lipinski definition) is 2. The molecule has 1 aliphatic rings. The van der Waals surface area contributed by atoms with Crippen LogP contribution < -0.4 is 11.1 Å². The van der Waals surface area contributed by atoms with E-state index in [2.05, 4.69) is 25.2 Å². The molecule has 1 aromatic carbocycles. The van der Waals surface area contributed by atoms with Crippen molar-refractivity contribution in [1.82, 2.24) is 0 Å². The van der Waals surface area contributed by atoms with Crippen LogP contribution in [0.2, 0.25) is 0 Å². The van der Waals surface area contributed by atoms with Gasteiger partial charge in [0, 0.05) is 17.8 Å². The van der Waals surface area contributed by atoms with E-state index in [0.29, 0.717) is 10.4 Å². The molecule has 2 rings (SSSR count). The predicted molar refractivity (Wildman–Crippen MR) is 72.9 cm³/mol. The van der Waals surface area contributed by atoms with Crippen LogP contribution in [0, 0.1) is 12.3 Å². The van der Waals surface area contributed by atoms with E-state index in [-0.39, 0.29) is 0 Å². The number of nitrogens with one attached hydrogen (secondary N) is 1. The van der Waals surface area contributed by atoms with E-state index in [9.17, 15) is 0 Å². The Bertz CT molecular complexity index is 422. The zero-order chi connectivity index (χ0) is 11.8. The van der Waals surface area contributed by atoms with Gasteiger partial charge >= 0.3 is 0 Å². The van der Waals surface area contributed by atoms with Gasteiger partial charge in [-0.15, -0.1) is 0 Å². The van der Waals surface area contributed by atoms with Crippen molar-refractivity contribution in [3.05, 3.63) is 29.3 Å². The van der Waals surface area contributed by atoms with Crippen molar-refractivity contribution in [3.8, 4) is 0 Å². The molecule has 86 valence electrons. The van der Waals surface area contributed by atoms with Crippen molar-refractivity contribution < 1.29 is 0 Å². The maximum absolute atomic E-state index is 5.71. The van der Waals surface area contributed by atoms with Crippen LogP contribution in [-0.2, 0) is 0 Å². The predicted octanol–water partition coefficient (Wildman–Crippen LogP) is 2.84. The fraction of sp³-hybridized carbons (Fsp3) is 0.462. The highest BCUT2D eigenvalue weighted by atomic mass is 32.1. The van der Waals surface area contributed by atoms with Crippen LogP contribution in [0.1, 0.15) is 30.9 Å². The molecular weight excluding hydrogens is 216 g/mol. The van der Waals surface area contributed by atoms with Gasteiger partial charge in [0.05, 0.1) is 0 Å². The first kappa shape index (κ1) is 11.4. The summed E-state index contributed by atoms with van der Waals surface area (Å²) in [4.78, 5) is 0.462. The molecule has 0 unspecified atom stereocenters. The van der Waals surface area contributed by atoms with Gasteiger partial charge < -0.3 is 11.1 Å². The Morgan fingerprint density at radius 2 is 2.19 bits per heavy atom. The van der Waals surface area contributed by atoms with Crippen LogP contribution in [-0.4, -0.2) is 11.5 Å². The summed E-state index contributed by atoms with van der Waals surface area (Å²) in [6.45, 7) is 5.38. The fourth-order valence-corrected chi connectivity index (χ4v) is 1.90. The van der Waals surface area contributed by atoms with Gasteiger partial charge in [-0.1, -0.05) is 25.2 Å². The largest absolute Gasteiger partial charge is 0.389 e. The maximum atomic E-state index is 5.71. The number of aryl methyl sites for hydroxylation is 1. The lowest BCUT2D eigenvalue weighted by Crippen LogP contribution is -2.17. The van der Waals surface area contributed by atoms with Gasteiger partial charge in [-0.05, 0) is 42.9 Å². The summed E-state index contributed by atoms with van der Waals surface area (Å²) < 4.78 is 0. The highest BCUT2D eigenvalue weighted by Crippen LogP contribution is 2.44. The van der Waals surface area contributed by atoms with Crippen molar-refractivity contribution >= 4 is 22.9 Å². The molecule has 0 spiro atoms. The van der Waals surface area contributed by atoms with Crippen LogP contribution in [0.5, 0.6) is 0 Å². The van der Waals surface area contributed by atoms with Crippen LogP contribution in [0.3, 0.4) is 0 Å². The first-order valence-electron chi connectivity index (χ1n) is 5.65. The smallest absolute Gasteiger partial charge is 0.106 e. The molecule has 1 aliphatic carbocycles. The van der Waals surface area contributed by atoms with Crippen LogP contribution in [0.25, 0.3) is 0 Å².